The second-order valence-corrected chi connectivity index (χ2v) is 4.64. The van der Waals surface area contributed by atoms with E-state index in [1.54, 1.807) is 32.3 Å². The highest BCUT2D eigenvalue weighted by molar-refractivity contribution is 5.95. The molecule has 2 N–H and O–H groups in total. The van der Waals surface area contributed by atoms with Crippen LogP contribution in [0.15, 0.2) is 18.2 Å². The van der Waals surface area contributed by atoms with Crippen LogP contribution in [-0.4, -0.2) is 56.2 Å². The van der Waals surface area contributed by atoms with Crippen LogP contribution in [0.5, 0.6) is 11.5 Å². The molecule has 1 unspecified atom stereocenters. The second kappa shape index (κ2) is 7.49. The zero-order valence-electron chi connectivity index (χ0n) is 12.5. The third-order valence-electron chi connectivity index (χ3n) is 2.97. The van der Waals surface area contributed by atoms with Gasteiger partial charge < -0.3 is 19.9 Å². The summed E-state index contributed by atoms with van der Waals surface area (Å²) >= 11 is 0. The first-order valence-corrected chi connectivity index (χ1v) is 6.30. The van der Waals surface area contributed by atoms with Crippen LogP contribution in [-0.2, 0) is 9.59 Å². The second-order valence-electron chi connectivity index (χ2n) is 4.64. The number of carboxylic acids is 1. The molecule has 0 radical (unpaired) electrons. The van der Waals surface area contributed by atoms with E-state index >= 15 is 0 Å². The Balaban J connectivity index is 2.81. The summed E-state index contributed by atoms with van der Waals surface area (Å²) in [5.41, 5.74) is 0.464. The molecular weight excluding hydrogens is 276 g/mol. The Morgan fingerprint density at radius 3 is 2.43 bits per heavy atom. The summed E-state index contributed by atoms with van der Waals surface area (Å²) < 4.78 is 10.2. The van der Waals surface area contributed by atoms with Crippen molar-refractivity contribution in [2.24, 2.45) is 0 Å². The minimum absolute atomic E-state index is 0.155. The van der Waals surface area contributed by atoms with E-state index in [0.717, 1.165) is 0 Å². The van der Waals surface area contributed by atoms with E-state index in [1.807, 2.05) is 0 Å². The number of carboxylic acid groups (broad SMARTS) is 1. The van der Waals surface area contributed by atoms with Gasteiger partial charge in [0.05, 0.1) is 26.3 Å². The first-order chi connectivity index (χ1) is 9.88. The molecule has 0 aliphatic heterocycles. The standard InChI is InChI=1S/C14H20N2O5/c1-16(2)11(14(18)19)8-13(17)15-10-6-5-9(20-3)7-12(10)21-4/h5-7,11H,8H2,1-4H3,(H,15,17)(H,18,19). The number of likely N-dealkylation sites (N-methyl/N-ethyl adjacent to an activating group) is 1. The number of benzene rings is 1. The maximum Gasteiger partial charge on any atom is 0.321 e. The molecule has 1 rings (SSSR count). The molecule has 0 fully saturated rings. The monoisotopic (exact) mass is 296 g/mol. The summed E-state index contributed by atoms with van der Waals surface area (Å²) in [6.45, 7) is 0. The summed E-state index contributed by atoms with van der Waals surface area (Å²) in [5.74, 6) is -0.405. The lowest BCUT2D eigenvalue weighted by Gasteiger charge is -2.19. The normalized spacial score (nSPS) is 11.9. The number of rotatable bonds is 7. The van der Waals surface area contributed by atoms with Gasteiger partial charge in [-0.3, -0.25) is 14.5 Å². The van der Waals surface area contributed by atoms with Gasteiger partial charge in [0, 0.05) is 6.07 Å². The lowest BCUT2D eigenvalue weighted by Crippen LogP contribution is -2.38. The first-order valence-electron chi connectivity index (χ1n) is 6.30. The molecular formula is C14H20N2O5. The molecule has 0 spiro atoms. The summed E-state index contributed by atoms with van der Waals surface area (Å²) in [6.07, 6.45) is -0.155. The largest absolute Gasteiger partial charge is 0.497 e. The topological polar surface area (TPSA) is 88.1 Å². The van der Waals surface area contributed by atoms with Crippen molar-refractivity contribution < 1.29 is 24.2 Å². The Labute approximate surface area is 123 Å². The third kappa shape index (κ3) is 4.64. The Morgan fingerprint density at radius 1 is 1.29 bits per heavy atom. The number of hydrogen-bond donors (Lipinski definition) is 2. The smallest absolute Gasteiger partial charge is 0.321 e. The maximum atomic E-state index is 12.0. The molecule has 7 heteroatoms. The van der Waals surface area contributed by atoms with Gasteiger partial charge in [0.1, 0.15) is 17.5 Å². The van der Waals surface area contributed by atoms with E-state index in [-0.39, 0.29) is 6.42 Å². The number of hydrogen-bond acceptors (Lipinski definition) is 5. The third-order valence-corrected chi connectivity index (χ3v) is 2.97. The lowest BCUT2D eigenvalue weighted by atomic mass is 10.1. The minimum atomic E-state index is -1.04. The van der Waals surface area contributed by atoms with Gasteiger partial charge in [0.2, 0.25) is 5.91 Å². The van der Waals surface area contributed by atoms with Crippen molar-refractivity contribution in [1.29, 1.82) is 0 Å². The van der Waals surface area contributed by atoms with Crippen LogP contribution in [0.2, 0.25) is 0 Å². The van der Waals surface area contributed by atoms with E-state index in [9.17, 15) is 9.59 Å². The SMILES string of the molecule is COc1ccc(NC(=O)CC(C(=O)O)N(C)C)c(OC)c1. The molecule has 0 aromatic heterocycles. The zero-order valence-corrected chi connectivity index (χ0v) is 12.5. The molecule has 7 nitrogen and oxygen atoms in total. The van der Waals surface area contributed by atoms with Gasteiger partial charge in [0.15, 0.2) is 0 Å². The van der Waals surface area contributed by atoms with Crippen molar-refractivity contribution in [3.63, 3.8) is 0 Å². The Kier molecular flexibility index (Phi) is 5.98. The van der Waals surface area contributed by atoms with Crippen LogP contribution in [0.4, 0.5) is 5.69 Å². The van der Waals surface area contributed by atoms with E-state index in [2.05, 4.69) is 5.32 Å². The summed E-state index contributed by atoms with van der Waals surface area (Å²) in [5, 5.41) is 11.7. The molecule has 0 aliphatic carbocycles. The number of nitrogens with zero attached hydrogens (tertiary/aromatic N) is 1. The van der Waals surface area contributed by atoms with Gasteiger partial charge in [-0.1, -0.05) is 0 Å². The van der Waals surface area contributed by atoms with Gasteiger partial charge in [0.25, 0.3) is 0 Å². The molecule has 0 saturated heterocycles. The van der Waals surface area contributed by atoms with Crippen molar-refractivity contribution in [1.82, 2.24) is 4.90 Å². The number of ether oxygens (including phenoxy) is 2. The molecule has 116 valence electrons. The molecule has 1 aromatic rings. The van der Waals surface area contributed by atoms with Gasteiger partial charge in [-0.15, -0.1) is 0 Å². The van der Waals surface area contributed by atoms with Crippen molar-refractivity contribution in [3.05, 3.63) is 18.2 Å². The van der Waals surface area contributed by atoms with Crippen molar-refractivity contribution in [2.75, 3.05) is 33.6 Å². The molecule has 0 saturated carbocycles. The molecule has 1 amide bonds. The number of carbonyl (C=O) groups excluding carboxylic acids is 1. The van der Waals surface area contributed by atoms with Crippen LogP contribution in [0.1, 0.15) is 6.42 Å². The average Bonchev–Trinajstić information content (AvgIpc) is 2.44. The van der Waals surface area contributed by atoms with Crippen LogP contribution < -0.4 is 14.8 Å². The zero-order chi connectivity index (χ0) is 16.0. The highest BCUT2D eigenvalue weighted by atomic mass is 16.5. The quantitative estimate of drug-likeness (QED) is 0.782. The number of aliphatic carboxylic acids is 1. The van der Waals surface area contributed by atoms with Crippen molar-refractivity contribution in [2.45, 2.75) is 12.5 Å². The van der Waals surface area contributed by atoms with E-state index in [4.69, 9.17) is 14.6 Å². The van der Waals surface area contributed by atoms with Crippen molar-refractivity contribution in [3.8, 4) is 11.5 Å². The Morgan fingerprint density at radius 2 is 1.95 bits per heavy atom. The maximum absolute atomic E-state index is 12.0. The Bertz CT molecular complexity index is 516. The fraction of sp³-hybridized carbons (Fsp3) is 0.429. The van der Waals surface area contributed by atoms with Crippen LogP contribution in [0, 0.1) is 0 Å². The number of carbonyl (C=O) groups is 2. The number of amides is 1. The average molecular weight is 296 g/mol. The highest BCUT2D eigenvalue weighted by Gasteiger charge is 2.23. The molecule has 0 heterocycles. The molecule has 0 aliphatic rings. The number of anilines is 1. The highest BCUT2D eigenvalue weighted by Crippen LogP contribution is 2.29. The number of nitrogens with one attached hydrogen (secondary N) is 1. The fourth-order valence-electron chi connectivity index (χ4n) is 1.77. The predicted octanol–water partition coefficient (Wildman–Crippen LogP) is 1.05. The molecule has 1 aromatic carbocycles. The molecule has 0 bridgehead atoms. The van der Waals surface area contributed by atoms with E-state index in [1.165, 1.54) is 19.1 Å². The first kappa shape index (κ1) is 16.8. The van der Waals surface area contributed by atoms with Gasteiger partial charge >= 0.3 is 5.97 Å². The fourth-order valence-corrected chi connectivity index (χ4v) is 1.77. The van der Waals surface area contributed by atoms with Crippen LogP contribution in [0.25, 0.3) is 0 Å². The van der Waals surface area contributed by atoms with Gasteiger partial charge in [-0.2, -0.15) is 0 Å². The molecule has 21 heavy (non-hydrogen) atoms. The van der Waals surface area contributed by atoms with Gasteiger partial charge in [-0.05, 0) is 26.2 Å². The predicted molar refractivity (Wildman–Crippen MR) is 77.9 cm³/mol. The van der Waals surface area contributed by atoms with Crippen LogP contribution in [0.3, 0.4) is 0 Å². The summed E-state index contributed by atoms with van der Waals surface area (Å²) in [7, 11) is 6.23. The summed E-state index contributed by atoms with van der Waals surface area (Å²) in [4.78, 5) is 24.5. The van der Waals surface area contributed by atoms with E-state index < -0.39 is 17.9 Å². The molecule has 1 atom stereocenters. The Hall–Kier alpha value is -2.28. The number of methoxy groups -OCH3 is 2. The minimum Gasteiger partial charge on any atom is -0.497 e. The van der Waals surface area contributed by atoms with Crippen LogP contribution >= 0.6 is 0 Å². The van der Waals surface area contributed by atoms with Crippen molar-refractivity contribution >= 4 is 17.6 Å². The van der Waals surface area contributed by atoms with E-state index in [0.29, 0.717) is 17.2 Å². The lowest BCUT2D eigenvalue weighted by molar-refractivity contribution is -0.144. The summed E-state index contributed by atoms with van der Waals surface area (Å²) in [6, 6.07) is 4.07. The van der Waals surface area contributed by atoms with Gasteiger partial charge in [-0.25, -0.2) is 0 Å².